The molecule has 1 amide bonds. The molecule has 0 aliphatic carbocycles. The third-order valence-electron chi connectivity index (χ3n) is 6.28. The number of ketones is 1. The highest BCUT2D eigenvalue weighted by Gasteiger charge is 2.47. The number of hydrogen-bond acceptors (Lipinski definition) is 6. The molecule has 1 aliphatic rings. The molecule has 0 radical (unpaired) electrons. The molecular formula is C28H25Cl2NO6. The van der Waals surface area contributed by atoms with E-state index < -0.39 is 23.5 Å². The van der Waals surface area contributed by atoms with Crippen LogP contribution in [0.1, 0.15) is 42.5 Å². The Morgan fingerprint density at radius 1 is 0.946 bits per heavy atom. The fraction of sp³-hybridized carbons (Fsp3) is 0.214. The average Bonchev–Trinajstić information content (AvgIpc) is 3.13. The quantitative estimate of drug-likeness (QED) is 0.211. The van der Waals surface area contributed by atoms with Gasteiger partial charge >= 0.3 is 0 Å². The number of methoxy groups -OCH3 is 2. The van der Waals surface area contributed by atoms with E-state index in [1.54, 1.807) is 18.2 Å². The molecule has 1 atom stereocenters. The van der Waals surface area contributed by atoms with Crippen molar-refractivity contribution in [3.05, 3.63) is 86.9 Å². The minimum absolute atomic E-state index is 0.119. The number of rotatable bonds is 6. The highest BCUT2D eigenvalue weighted by molar-refractivity contribution is 6.51. The Morgan fingerprint density at radius 2 is 1.57 bits per heavy atom. The standard InChI is InChI=1S/C28H25Cl2NO6/c1-14(2)15-5-8-18(9-6-15)31-24(16-7-10-22(36-3)21(32)13-16)23(26(34)28(31)35)25(33)17-11-19(29)27(37-4)20(30)12-17/h5-14,24,32-33H,1-4H3/b25-23+. The van der Waals surface area contributed by atoms with Crippen molar-refractivity contribution in [1.29, 1.82) is 0 Å². The van der Waals surface area contributed by atoms with Crippen LogP contribution in [0.2, 0.25) is 10.0 Å². The summed E-state index contributed by atoms with van der Waals surface area (Å²) >= 11 is 12.5. The van der Waals surface area contributed by atoms with Crippen LogP contribution in [-0.2, 0) is 9.59 Å². The van der Waals surface area contributed by atoms with E-state index in [1.165, 1.54) is 43.4 Å². The lowest BCUT2D eigenvalue weighted by Crippen LogP contribution is -2.29. The molecule has 1 aliphatic heterocycles. The first kappa shape index (κ1) is 26.4. The molecule has 1 saturated heterocycles. The molecule has 4 rings (SSSR count). The lowest BCUT2D eigenvalue weighted by molar-refractivity contribution is -0.132. The fourth-order valence-electron chi connectivity index (χ4n) is 4.36. The van der Waals surface area contributed by atoms with Crippen molar-refractivity contribution in [2.45, 2.75) is 25.8 Å². The number of nitrogens with zero attached hydrogens (tertiary/aromatic N) is 1. The summed E-state index contributed by atoms with van der Waals surface area (Å²) in [7, 11) is 2.81. The number of carbonyl (C=O) groups is 2. The number of Topliss-reactive ketones (excluding diaryl/α,β-unsaturated/α-hetero) is 1. The number of phenolic OH excluding ortho intramolecular Hbond substituents is 1. The van der Waals surface area contributed by atoms with E-state index >= 15 is 0 Å². The Labute approximate surface area is 224 Å². The Bertz CT molecular complexity index is 1390. The van der Waals surface area contributed by atoms with Gasteiger partial charge in [-0.1, -0.05) is 55.2 Å². The van der Waals surface area contributed by atoms with E-state index in [9.17, 15) is 19.8 Å². The second kappa shape index (κ2) is 10.4. The van der Waals surface area contributed by atoms with Gasteiger partial charge in [0.2, 0.25) is 0 Å². The van der Waals surface area contributed by atoms with E-state index in [2.05, 4.69) is 0 Å². The highest BCUT2D eigenvalue weighted by atomic mass is 35.5. The van der Waals surface area contributed by atoms with Crippen molar-refractivity contribution in [2.75, 3.05) is 19.1 Å². The Hall–Kier alpha value is -3.68. The Kier molecular flexibility index (Phi) is 7.39. The number of carbonyl (C=O) groups excluding carboxylic acids is 2. The zero-order valence-electron chi connectivity index (χ0n) is 20.6. The number of benzene rings is 3. The monoisotopic (exact) mass is 541 g/mol. The van der Waals surface area contributed by atoms with Gasteiger partial charge in [-0.15, -0.1) is 0 Å². The van der Waals surface area contributed by atoms with Gasteiger partial charge in [-0.3, -0.25) is 14.5 Å². The normalized spacial score (nSPS) is 16.9. The van der Waals surface area contributed by atoms with Crippen molar-refractivity contribution in [3.63, 3.8) is 0 Å². The Balaban J connectivity index is 1.95. The third-order valence-corrected chi connectivity index (χ3v) is 6.84. The first-order chi connectivity index (χ1) is 17.6. The number of amides is 1. The number of ether oxygens (including phenoxy) is 2. The van der Waals surface area contributed by atoms with E-state index in [0.717, 1.165) is 5.56 Å². The molecule has 37 heavy (non-hydrogen) atoms. The predicted octanol–water partition coefficient (Wildman–Crippen LogP) is 6.47. The largest absolute Gasteiger partial charge is 0.507 e. The second-order valence-corrected chi connectivity index (χ2v) is 9.63. The fourth-order valence-corrected chi connectivity index (χ4v) is 5.00. The summed E-state index contributed by atoms with van der Waals surface area (Å²) in [6.07, 6.45) is 0. The summed E-state index contributed by atoms with van der Waals surface area (Å²) in [5.41, 5.74) is 1.85. The van der Waals surface area contributed by atoms with Crippen molar-refractivity contribution in [1.82, 2.24) is 0 Å². The summed E-state index contributed by atoms with van der Waals surface area (Å²) in [6, 6.07) is 13.5. The van der Waals surface area contributed by atoms with Crippen LogP contribution in [0.5, 0.6) is 17.2 Å². The van der Waals surface area contributed by atoms with Gasteiger partial charge in [-0.25, -0.2) is 0 Å². The molecule has 2 N–H and O–H groups in total. The molecule has 3 aromatic carbocycles. The van der Waals surface area contributed by atoms with Crippen LogP contribution in [0.25, 0.3) is 5.76 Å². The summed E-state index contributed by atoms with van der Waals surface area (Å²) in [6.45, 7) is 4.10. The van der Waals surface area contributed by atoms with E-state index in [-0.39, 0.29) is 44.3 Å². The van der Waals surface area contributed by atoms with Crippen LogP contribution in [0.15, 0.2) is 60.2 Å². The van der Waals surface area contributed by atoms with E-state index in [0.29, 0.717) is 11.3 Å². The minimum Gasteiger partial charge on any atom is -0.507 e. The van der Waals surface area contributed by atoms with E-state index in [4.69, 9.17) is 32.7 Å². The molecule has 9 heteroatoms. The van der Waals surface area contributed by atoms with Crippen molar-refractivity contribution < 1.29 is 29.3 Å². The molecule has 1 fully saturated rings. The zero-order chi connectivity index (χ0) is 27.0. The smallest absolute Gasteiger partial charge is 0.300 e. The lowest BCUT2D eigenvalue weighted by atomic mass is 9.94. The van der Waals surface area contributed by atoms with Crippen molar-refractivity contribution >= 4 is 46.3 Å². The number of aliphatic hydroxyl groups is 1. The molecule has 0 saturated carbocycles. The van der Waals surface area contributed by atoms with Gasteiger partial charge in [-0.2, -0.15) is 0 Å². The van der Waals surface area contributed by atoms with Gasteiger partial charge < -0.3 is 19.7 Å². The number of aliphatic hydroxyl groups excluding tert-OH is 1. The van der Waals surface area contributed by atoms with Crippen molar-refractivity contribution in [3.8, 4) is 17.2 Å². The number of halogens is 2. The number of hydrogen-bond donors (Lipinski definition) is 2. The van der Waals surface area contributed by atoms with E-state index in [1.807, 2.05) is 26.0 Å². The average molecular weight is 542 g/mol. The maximum absolute atomic E-state index is 13.4. The lowest BCUT2D eigenvalue weighted by Gasteiger charge is -2.26. The molecule has 192 valence electrons. The van der Waals surface area contributed by atoms with Crippen LogP contribution in [-0.4, -0.2) is 36.1 Å². The molecular weight excluding hydrogens is 517 g/mol. The van der Waals surface area contributed by atoms with Gasteiger partial charge in [0.1, 0.15) is 5.76 Å². The van der Waals surface area contributed by atoms with Crippen molar-refractivity contribution in [2.24, 2.45) is 0 Å². The maximum Gasteiger partial charge on any atom is 0.300 e. The minimum atomic E-state index is -1.05. The molecule has 0 aromatic heterocycles. The second-order valence-electron chi connectivity index (χ2n) is 8.82. The first-order valence-electron chi connectivity index (χ1n) is 11.4. The maximum atomic E-state index is 13.4. The van der Waals surface area contributed by atoms with Crippen LogP contribution >= 0.6 is 23.2 Å². The van der Waals surface area contributed by atoms with Crippen LogP contribution < -0.4 is 14.4 Å². The summed E-state index contributed by atoms with van der Waals surface area (Å²) in [4.78, 5) is 28.0. The van der Waals surface area contributed by atoms with Gasteiger partial charge in [0.25, 0.3) is 11.7 Å². The van der Waals surface area contributed by atoms with Gasteiger partial charge in [0.05, 0.1) is 35.9 Å². The van der Waals surface area contributed by atoms with Gasteiger partial charge in [-0.05, 0) is 53.4 Å². The molecule has 3 aromatic rings. The summed E-state index contributed by atoms with van der Waals surface area (Å²) < 4.78 is 10.3. The predicted molar refractivity (Wildman–Crippen MR) is 143 cm³/mol. The molecule has 1 unspecified atom stereocenters. The first-order valence-corrected chi connectivity index (χ1v) is 12.2. The Morgan fingerprint density at radius 3 is 2.08 bits per heavy atom. The molecule has 0 bridgehead atoms. The summed E-state index contributed by atoms with van der Waals surface area (Å²) in [5.74, 6) is -1.68. The number of anilines is 1. The number of phenols is 1. The molecule has 7 nitrogen and oxygen atoms in total. The van der Waals surface area contributed by atoms with Crippen LogP contribution in [0.4, 0.5) is 5.69 Å². The van der Waals surface area contributed by atoms with Gasteiger partial charge in [0, 0.05) is 11.3 Å². The topological polar surface area (TPSA) is 96.3 Å². The SMILES string of the molecule is COc1ccc(C2/C(=C(\O)c3cc(Cl)c(OC)c(Cl)c3)C(=O)C(=O)N2c2ccc(C(C)C)cc2)cc1O. The van der Waals surface area contributed by atoms with Crippen LogP contribution in [0.3, 0.4) is 0 Å². The summed E-state index contributed by atoms with van der Waals surface area (Å²) in [5, 5.41) is 22.0. The zero-order valence-corrected chi connectivity index (χ0v) is 22.1. The van der Waals surface area contributed by atoms with Crippen LogP contribution in [0, 0.1) is 0 Å². The number of aromatic hydroxyl groups is 1. The molecule has 1 heterocycles. The highest BCUT2D eigenvalue weighted by Crippen LogP contribution is 2.45. The third kappa shape index (κ3) is 4.72. The van der Waals surface area contributed by atoms with Gasteiger partial charge in [0.15, 0.2) is 17.2 Å². The molecule has 0 spiro atoms.